The summed E-state index contributed by atoms with van der Waals surface area (Å²) in [4.78, 5) is 10.6. The van der Waals surface area contributed by atoms with Crippen molar-refractivity contribution in [1.82, 2.24) is 14.9 Å². The van der Waals surface area contributed by atoms with E-state index >= 15 is 0 Å². The molecule has 0 unspecified atom stereocenters. The highest BCUT2D eigenvalue weighted by Crippen LogP contribution is 2.25. The first-order valence-corrected chi connectivity index (χ1v) is 6.10. The maximum absolute atomic E-state index is 5.29. The second kappa shape index (κ2) is 5.79. The molecular weight excluding hydrogens is 216 g/mol. The maximum Gasteiger partial charge on any atom is 0.145 e. The third-order valence-corrected chi connectivity index (χ3v) is 2.99. The molecule has 6 nitrogen and oxygen atoms in total. The summed E-state index contributed by atoms with van der Waals surface area (Å²) in [6.45, 7) is 5.27. The Balaban J connectivity index is 1.76. The molecule has 0 bridgehead atoms. The number of hydrazine groups is 1. The number of aromatic nitrogens is 2. The Morgan fingerprint density at radius 3 is 2.82 bits per heavy atom. The molecule has 1 aromatic rings. The van der Waals surface area contributed by atoms with Crippen LogP contribution in [0.4, 0.5) is 11.6 Å². The van der Waals surface area contributed by atoms with Gasteiger partial charge in [0.25, 0.3) is 0 Å². The van der Waals surface area contributed by atoms with Gasteiger partial charge < -0.3 is 10.7 Å². The number of rotatable bonds is 7. The number of likely N-dealkylation sites (N-methyl/N-ethyl adjacent to an activating group) is 1. The van der Waals surface area contributed by atoms with Crippen molar-refractivity contribution in [2.75, 3.05) is 30.4 Å². The van der Waals surface area contributed by atoms with Gasteiger partial charge in [0.2, 0.25) is 0 Å². The summed E-state index contributed by atoms with van der Waals surface area (Å²) >= 11 is 0. The van der Waals surface area contributed by atoms with Gasteiger partial charge in [0.1, 0.15) is 18.0 Å². The van der Waals surface area contributed by atoms with Gasteiger partial charge in [0.05, 0.1) is 0 Å². The van der Waals surface area contributed by atoms with E-state index in [2.05, 4.69) is 32.5 Å². The molecule has 1 heterocycles. The number of hydrogen-bond acceptors (Lipinski definition) is 6. The topological polar surface area (TPSA) is 79.1 Å². The minimum absolute atomic E-state index is 0.622. The Hall–Kier alpha value is -1.40. The van der Waals surface area contributed by atoms with Crippen LogP contribution in [0.1, 0.15) is 19.8 Å². The van der Waals surface area contributed by atoms with E-state index in [0.717, 1.165) is 31.5 Å². The highest BCUT2D eigenvalue weighted by atomic mass is 15.3. The van der Waals surface area contributed by atoms with Crippen LogP contribution in [0.5, 0.6) is 0 Å². The molecule has 1 aromatic heterocycles. The van der Waals surface area contributed by atoms with Crippen molar-refractivity contribution in [3.63, 3.8) is 0 Å². The molecule has 1 aliphatic carbocycles. The maximum atomic E-state index is 5.29. The molecular formula is C11H20N6. The molecule has 17 heavy (non-hydrogen) atoms. The highest BCUT2D eigenvalue weighted by molar-refractivity contribution is 5.45. The molecule has 94 valence electrons. The quantitative estimate of drug-likeness (QED) is 0.477. The monoisotopic (exact) mass is 236 g/mol. The smallest absolute Gasteiger partial charge is 0.145 e. The number of nitrogens with zero attached hydrogens (tertiary/aromatic N) is 3. The third-order valence-electron chi connectivity index (χ3n) is 2.99. The van der Waals surface area contributed by atoms with E-state index in [9.17, 15) is 0 Å². The molecule has 6 heteroatoms. The number of anilines is 2. The lowest BCUT2D eigenvalue weighted by molar-refractivity contribution is 0.289. The summed E-state index contributed by atoms with van der Waals surface area (Å²) in [5.41, 5.74) is 2.50. The Labute approximate surface area is 102 Å². The zero-order valence-corrected chi connectivity index (χ0v) is 10.2. The first kappa shape index (κ1) is 12.1. The fourth-order valence-corrected chi connectivity index (χ4v) is 1.90. The van der Waals surface area contributed by atoms with E-state index in [1.807, 2.05) is 0 Å². The van der Waals surface area contributed by atoms with E-state index in [1.165, 1.54) is 19.2 Å². The number of hydrogen-bond donors (Lipinski definition) is 3. The predicted molar refractivity (Wildman–Crippen MR) is 68.6 cm³/mol. The fraction of sp³-hybridized carbons (Fsp3) is 0.636. The summed E-state index contributed by atoms with van der Waals surface area (Å²) in [6.07, 6.45) is 4.20. The van der Waals surface area contributed by atoms with E-state index < -0.39 is 0 Å². The molecule has 1 fully saturated rings. The average Bonchev–Trinajstić information content (AvgIpc) is 3.19. The second-order valence-electron chi connectivity index (χ2n) is 4.22. The molecule has 0 aliphatic heterocycles. The highest BCUT2D eigenvalue weighted by Gasteiger charge is 2.27. The van der Waals surface area contributed by atoms with Crippen LogP contribution >= 0.6 is 0 Å². The summed E-state index contributed by atoms with van der Waals surface area (Å²) in [5, 5.41) is 3.28. The van der Waals surface area contributed by atoms with Crippen LogP contribution in [-0.4, -0.2) is 40.5 Å². The molecule has 4 N–H and O–H groups in total. The zero-order valence-electron chi connectivity index (χ0n) is 10.2. The summed E-state index contributed by atoms with van der Waals surface area (Å²) < 4.78 is 0. The van der Waals surface area contributed by atoms with Crippen LogP contribution in [0.3, 0.4) is 0 Å². The van der Waals surface area contributed by atoms with Gasteiger partial charge in [-0.1, -0.05) is 6.92 Å². The van der Waals surface area contributed by atoms with Gasteiger partial charge in [0.15, 0.2) is 0 Å². The number of nitrogens with one attached hydrogen (secondary N) is 2. The van der Waals surface area contributed by atoms with Gasteiger partial charge in [-0.2, -0.15) is 0 Å². The molecule has 1 aliphatic rings. The second-order valence-corrected chi connectivity index (χ2v) is 4.22. The van der Waals surface area contributed by atoms with Crippen LogP contribution in [0.2, 0.25) is 0 Å². The molecule has 2 rings (SSSR count). The minimum Gasteiger partial charge on any atom is -0.369 e. The van der Waals surface area contributed by atoms with Gasteiger partial charge in [0, 0.05) is 25.2 Å². The van der Waals surface area contributed by atoms with Crippen molar-refractivity contribution in [1.29, 1.82) is 0 Å². The number of nitrogens with two attached hydrogens (primary N) is 1. The van der Waals surface area contributed by atoms with Gasteiger partial charge in [-0.15, -0.1) is 0 Å². The lowest BCUT2D eigenvalue weighted by Gasteiger charge is -2.19. The Kier molecular flexibility index (Phi) is 4.11. The molecule has 0 radical (unpaired) electrons. The molecule has 0 spiro atoms. The van der Waals surface area contributed by atoms with Crippen molar-refractivity contribution in [2.24, 2.45) is 5.84 Å². The lowest BCUT2D eigenvalue weighted by atomic mass is 10.4. The molecule has 0 amide bonds. The Bertz CT molecular complexity index is 352. The summed E-state index contributed by atoms with van der Waals surface area (Å²) in [5.74, 6) is 6.72. The first-order chi connectivity index (χ1) is 8.33. The van der Waals surface area contributed by atoms with E-state index in [4.69, 9.17) is 5.84 Å². The van der Waals surface area contributed by atoms with Crippen LogP contribution in [-0.2, 0) is 0 Å². The summed E-state index contributed by atoms with van der Waals surface area (Å²) in [6, 6.07) is 2.61. The average molecular weight is 236 g/mol. The Morgan fingerprint density at radius 2 is 2.18 bits per heavy atom. The van der Waals surface area contributed by atoms with E-state index in [-0.39, 0.29) is 0 Å². The van der Waals surface area contributed by atoms with Gasteiger partial charge in [-0.25, -0.2) is 15.8 Å². The molecule has 0 saturated heterocycles. The van der Waals surface area contributed by atoms with E-state index in [0.29, 0.717) is 5.82 Å². The van der Waals surface area contributed by atoms with Crippen LogP contribution < -0.4 is 16.6 Å². The van der Waals surface area contributed by atoms with Gasteiger partial charge in [-0.05, 0) is 19.4 Å². The molecule has 0 aromatic carbocycles. The minimum atomic E-state index is 0.622. The van der Waals surface area contributed by atoms with E-state index in [1.54, 1.807) is 6.07 Å². The SMILES string of the molecule is CCN(CCNc1cc(NN)ncn1)C1CC1. The van der Waals surface area contributed by atoms with Crippen LogP contribution in [0.15, 0.2) is 12.4 Å². The molecule has 1 saturated carbocycles. The molecule has 0 atom stereocenters. The first-order valence-electron chi connectivity index (χ1n) is 6.10. The predicted octanol–water partition coefficient (Wildman–Crippen LogP) is 0.658. The van der Waals surface area contributed by atoms with Crippen molar-refractivity contribution < 1.29 is 0 Å². The Morgan fingerprint density at radius 1 is 1.41 bits per heavy atom. The lowest BCUT2D eigenvalue weighted by Crippen LogP contribution is -2.31. The zero-order chi connectivity index (χ0) is 12.1. The van der Waals surface area contributed by atoms with Crippen LogP contribution in [0.25, 0.3) is 0 Å². The standard InChI is InChI=1S/C11H20N6/c1-2-17(9-3-4-9)6-5-13-10-7-11(16-12)15-8-14-10/h7-9H,2-6,12H2,1H3,(H2,13,14,15,16). The van der Waals surface area contributed by atoms with Crippen molar-refractivity contribution >= 4 is 11.6 Å². The summed E-state index contributed by atoms with van der Waals surface area (Å²) in [7, 11) is 0. The number of nitrogen functional groups attached to an aromatic ring is 1. The van der Waals surface area contributed by atoms with Crippen molar-refractivity contribution in [3.8, 4) is 0 Å². The van der Waals surface area contributed by atoms with Crippen molar-refractivity contribution in [2.45, 2.75) is 25.8 Å². The third kappa shape index (κ3) is 3.54. The van der Waals surface area contributed by atoms with Crippen LogP contribution in [0, 0.1) is 0 Å². The largest absolute Gasteiger partial charge is 0.369 e. The van der Waals surface area contributed by atoms with Gasteiger partial charge >= 0.3 is 0 Å². The van der Waals surface area contributed by atoms with Crippen molar-refractivity contribution in [3.05, 3.63) is 12.4 Å². The fourth-order valence-electron chi connectivity index (χ4n) is 1.90. The van der Waals surface area contributed by atoms with Gasteiger partial charge in [-0.3, -0.25) is 4.90 Å². The normalized spacial score (nSPS) is 15.0.